The summed E-state index contributed by atoms with van der Waals surface area (Å²) in [5.41, 5.74) is 2.45. The molecule has 0 aliphatic heterocycles. The monoisotopic (exact) mass is 378 g/mol. The minimum atomic E-state index is -0.355. The van der Waals surface area contributed by atoms with Gasteiger partial charge in [-0.1, -0.05) is 44.2 Å². The summed E-state index contributed by atoms with van der Waals surface area (Å²) in [6.07, 6.45) is 0.889. The molecule has 0 fully saturated rings. The molecule has 146 valence electrons. The van der Waals surface area contributed by atoms with E-state index >= 15 is 0 Å². The molecule has 0 bridgehead atoms. The van der Waals surface area contributed by atoms with E-state index < -0.39 is 0 Å². The third kappa shape index (κ3) is 5.00. The highest BCUT2D eigenvalue weighted by Gasteiger charge is 2.13. The largest absolute Gasteiger partial charge is 0.422 e. The van der Waals surface area contributed by atoms with Crippen LogP contribution in [0.5, 0.6) is 0 Å². The minimum Gasteiger partial charge on any atom is -0.422 e. The van der Waals surface area contributed by atoms with Crippen LogP contribution in [-0.4, -0.2) is 18.5 Å². The second-order valence-corrected chi connectivity index (χ2v) is 7.47. The lowest BCUT2D eigenvalue weighted by Crippen LogP contribution is -2.39. The van der Waals surface area contributed by atoms with Crippen molar-refractivity contribution in [1.82, 2.24) is 5.32 Å². The molecule has 1 aromatic heterocycles. The average Bonchev–Trinajstić information content (AvgIpc) is 2.65. The number of hydrogen-bond donors (Lipinski definition) is 2. The Labute approximate surface area is 164 Å². The molecule has 0 saturated heterocycles. The van der Waals surface area contributed by atoms with Crippen molar-refractivity contribution < 1.29 is 9.21 Å². The van der Waals surface area contributed by atoms with Gasteiger partial charge in [-0.3, -0.25) is 4.79 Å². The van der Waals surface area contributed by atoms with Crippen LogP contribution >= 0.6 is 0 Å². The zero-order valence-electron chi connectivity index (χ0n) is 16.5. The molecule has 5 heteroatoms. The molecule has 2 N–H and O–H groups in total. The minimum absolute atomic E-state index is 0.0324. The normalized spacial score (nSPS) is 12.1. The number of hydrogen-bond acceptors (Lipinski definition) is 4. The van der Waals surface area contributed by atoms with E-state index in [1.807, 2.05) is 48.5 Å². The van der Waals surface area contributed by atoms with Crippen molar-refractivity contribution in [2.75, 3.05) is 11.9 Å². The number of carbonyl (C=O) groups excluding carboxylic acids is 1. The molecule has 0 radical (unpaired) electrons. The molecule has 3 aromatic rings. The van der Waals surface area contributed by atoms with Crippen molar-refractivity contribution in [1.29, 1.82) is 0 Å². The van der Waals surface area contributed by atoms with E-state index in [0.29, 0.717) is 23.6 Å². The topological polar surface area (TPSA) is 71.3 Å². The molecule has 0 aliphatic rings. The third-order valence-corrected chi connectivity index (χ3v) is 4.53. The summed E-state index contributed by atoms with van der Waals surface area (Å²) in [5, 5.41) is 7.25. The predicted molar refractivity (Wildman–Crippen MR) is 113 cm³/mol. The van der Waals surface area contributed by atoms with E-state index in [1.165, 1.54) is 6.92 Å². The number of fused-ring (bicyclic) bond motifs is 1. The number of amides is 1. The first kappa shape index (κ1) is 19.7. The Bertz CT molecular complexity index is 1020. The molecule has 0 aliphatic carbocycles. The molecule has 1 heterocycles. The Morgan fingerprint density at radius 2 is 1.86 bits per heavy atom. The Kier molecular flexibility index (Phi) is 6.14. The van der Waals surface area contributed by atoms with Crippen LogP contribution in [0.25, 0.3) is 22.1 Å². The smallest absolute Gasteiger partial charge is 0.344 e. The van der Waals surface area contributed by atoms with Gasteiger partial charge in [-0.25, -0.2) is 4.79 Å². The zero-order valence-corrected chi connectivity index (χ0v) is 16.5. The maximum absolute atomic E-state index is 12.4. The molecule has 28 heavy (non-hydrogen) atoms. The van der Waals surface area contributed by atoms with Gasteiger partial charge in [0.15, 0.2) is 0 Å². The van der Waals surface area contributed by atoms with Gasteiger partial charge in [0.05, 0.1) is 5.56 Å². The van der Waals surface area contributed by atoms with E-state index in [1.54, 1.807) is 6.07 Å². The molecule has 1 amide bonds. The van der Waals surface area contributed by atoms with Crippen LogP contribution in [0.15, 0.2) is 63.8 Å². The lowest BCUT2D eigenvalue weighted by Gasteiger charge is -2.21. The highest BCUT2D eigenvalue weighted by molar-refractivity contribution is 5.82. The van der Waals surface area contributed by atoms with Gasteiger partial charge < -0.3 is 15.1 Å². The van der Waals surface area contributed by atoms with Gasteiger partial charge >= 0.3 is 5.63 Å². The lowest BCUT2D eigenvalue weighted by molar-refractivity contribution is -0.119. The predicted octanol–water partition coefficient (Wildman–Crippen LogP) is 4.42. The van der Waals surface area contributed by atoms with Gasteiger partial charge in [0, 0.05) is 30.6 Å². The Morgan fingerprint density at radius 3 is 2.61 bits per heavy atom. The van der Waals surface area contributed by atoms with Crippen LogP contribution in [0.4, 0.5) is 5.69 Å². The number of nitrogens with one attached hydrogen (secondary N) is 2. The van der Waals surface area contributed by atoms with Crippen molar-refractivity contribution in [3.05, 3.63) is 65.0 Å². The number of benzene rings is 2. The fourth-order valence-corrected chi connectivity index (χ4v) is 3.35. The zero-order chi connectivity index (χ0) is 20.1. The van der Waals surface area contributed by atoms with Crippen molar-refractivity contribution >= 4 is 22.6 Å². The van der Waals surface area contributed by atoms with Crippen LogP contribution in [0, 0.1) is 5.92 Å². The average molecular weight is 378 g/mol. The highest BCUT2D eigenvalue weighted by Crippen LogP contribution is 2.23. The number of para-hydroxylation sites is 1. The van der Waals surface area contributed by atoms with Gasteiger partial charge in [0.25, 0.3) is 0 Å². The van der Waals surface area contributed by atoms with Gasteiger partial charge in [-0.2, -0.15) is 0 Å². The first-order valence-corrected chi connectivity index (χ1v) is 9.56. The third-order valence-electron chi connectivity index (χ3n) is 4.53. The fourth-order valence-electron chi connectivity index (χ4n) is 3.35. The van der Waals surface area contributed by atoms with Gasteiger partial charge in [0.1, 0.15) is 5.58 Å². The molecular formula is C23H26N2O3. The maximum atomic E-state index is 12.4. The van der Waals surface area contributed by atoms with E-state index in [9.17, 15) is 9.59 Å². The van der Waals surface area contributed by atoms with E-state index in [-0.39, 0.29) is 17.6 Å². The molecule has 1 atom stereocenters. The Morgan fingerprint density at radius 1 is 1.07 bits per heavy atom. The molecule has 0 saturated carbocycles. The van der Waals surface area contributed by atoms with Crippen LogP contribution < -0.4 is 16.3 Å². The van der Waals surface area contributed by atoms with E-state index in [0.717, 1.165) is 23.1 Å². The van der Waals surface area contributed by atoms with E-state index in [4.69, 9.17) is 4.42 Å². The second-order valence-electron chi connectivity index (χ2n) is 7.47. The second kappa shape index (κ2) is 8.74. The summed E-state index contributed by atoms with van der Waals surface area (Å²) >= 11 is 0. The number of rotatable bonds is 7. The van der Waals surface area contributed by atoms with Crippen LogP contribution in [-0.2, 0) is 4.79 Å². The van der Waals surface area contributed by atoms with Gasteiger partial charge in [-0.05, 0) is 42.2 Å². The number of carbonyl (C=O) groups is 1. The Balaban J connectivity index is 1.81. The quantitative estimate of drug-likeness (QED) is 0.597. The standard InChI is InChI=1S/C23H26N2O3/c1-15(2)11-20(25-16(3)26)14-24-19-9-6-8-17(12-19)21-13-18-7-4-5-10-22(18)28-23(21)27/h4-10,12-13,15,20,24H,11,14H2,1-3H3,(H,25,26)/t20-/m0/s1. The fraction of sp³-hybridized carbons (Fsp3) is 0.304. The Hall–Kier alpha value is -3.08. The summed E-state index contributed by atoms with van der Waals surface area (Å²) in [6.45, 7) is 6.42. The molecule has 5 nitrogen and oxygen atoms in total. The van der Waals surface area contributed by atoms with Crippen LogP contribution in [0.2, 0.25) is 0 Å². The molecule has 0 unspecified atom stereocenters. The first-order valence-electron chi connectivity index (χ1n) is 9.56. The SMILES string of the molecule is CC(=O)N[C@H](CNc1cccc(-c2cc3ccccc3oc2=O)c1)CC(C)C. The van der Waals surface area contributed by atoms with Crippen molar-refractivity contribution in [3.63, 3.8) is 0 Å². The summed E-state index contributed by atoms with van der Waals surface area (Å²) in [6, 6.07) is 17.1. The van der Waals surface area contributed by atoms with Crippen LogP contribution in [0.1, 0.15) is 27.2 Å². The van der Waals surface area contributed by atoms with Crippen molar-refractivity contribution in [2.45, 2.75) is 33.2 Å². The number of anilines is 1. The molecule has 0 spiro atoms. The maximum Gasteiger partial charge on any atom is 0.344 e. The molecule has 2 aromatic carbocycles. The summed E-state index contributed by atoms with van der Waals surface area (Å²) in [5.74, 6) is 0.446. The molecule has 3 rings (SSSR count). The summed E-state index contributed by atoms with van der Waals surface area (Å²) in [7, 11) is 0. The van der Waals surface area contributed by atoms with Gasteiger partial charge in [-0.15, -0.1) is 0 Å². The first-order chi connectivity index (χ1) is 13.4. The lowest BCUT2D eigenvalue weighted by atomic mass is 10.0. The van der Waals surface area contributed by atoms with E-state index in [2.05, 4.69) is 24.5 Å². The summed E-state index contributed by atoms with van der Waals surface area (Å²) < 4.78 is 5.45. The van der Waals surface area contributed by atoms with Gasteiger partial charge in [0.2, 0.25) is 5.91 Å². The van der Waals surface area contributed by atoms with Crippen molar-refractivity contribution in [3.8, 4) is 11.1 Å². The highest BCUT2D eigenvalue weighted by atomic mass is 16.4. The van der Waals surface area contributed by atoms with Crippen LogP contribution in [0.3, 0.4) is 0 Å². The summed E-state index contributed by atoms with van der Waals surface area (Å²) in [4.78, 5) is 23.9. The van der Waals surface area contributed by atoms with Crippen molar-refractivity contribution in [2.24, 2.45) is 5.92 Å². The molecular weight excluding hydrogens is 352 g/mol.